The van der Waals surface area contributed by atoms with Crippen LogP contribution in [0.15, 0.2) is 42.5 Å². The van der Waals surface area contributed by atoms with Crippen LogP contribution in [0.1, 0.15) is 29.2 Å². The number of rotatable bonds is 6. The molecule has 6 heteroatoms. The van der Waals surface area contributed by atoms with E-state index in [9.17, 15) is 14.4 Å². The van der Waals surface area contributed by atoms with E-state index < -0.39 is 0 Å². The van der Waals surface area contributed by atoms with Gasteiger partial charge in [-0.05, 0) is 55.7 Å². The van der Waals surface area contributed by atoms with Crippen LogP contribution in [0.25, 0.3) is 6.08 Å². The predicted molar refractivity (Wildman–Crippen MR) is 112 cm³/mol. The summed E-state index contributed by atoms with van der Waals surface area (Å²) in [5.74, 6) is -0.785. The molecule has 0 fully saturated rings. The molecule has 3 amide bonds. The largest absolute Gasteiger partial charge is 0.343 e. The summed E-state index contributed by atoms with van der Waals surface area (Å²) >= 11 is 0. The number of benzene rings is 2. The fourth-order valence-corrected chi connectivity index (χ4v) is 2.84. The quantitative estimate of drug-likeness (QED) is 0.673. The van der Waals surface area contributed by atoms with E-state index in [0.717, 1.165) is 27.9 Å². The molecule has 28 heavy (non-hydrogen) atoms. The van der Waals surface area contributed by atoms with E-state index in [1.807, 2.05) is 32.9 Å². The number of carbonyl (C=O) groups excluding carboxylic acids is 3. The summed E-state index contributed by atoms with van der Waals surface area (Å²) in [6, 6.07) is 11.1. The first-order valence-electron chi connectivity index (χ1n) is 8.96. The van der Waals surface area contributed by atoms with Gasteiger partial charge in [0.1, 0.15) is 0 Å². The zero-order valence-electron chi connectivity index (χ0n) is 16.6. The van der Waals surface area contributed by atoms with Crippen molar-refractivity contribution in [2.45, 2.75) is 27.7 Å². The average molecular weight is 379 g/mol. The summed E-state index contributed by atoms with van der Waals surface area (Å²) in [5, 5.41) is 8.08. The monoisotopic (exact) mass is 379 g/mol. The molecule has 0 bridgehead atoms. The molecule has 0 aromatic heterocycles. The highest BCUT2D eigenvalue weighted by Gasteiger charge is 2.09. The predicted octanol–water partition coefficient (Wildman–Crippen LogP) is 3.34. The molecule has 0 heterocycles. The van der Waals surface area contributed by atoms with Gasteiger partial charge in [-0.3, -0.25) is 14.4 Å². The van der Waals surface area contributed by atoms with E-state index in [2.05, 4.69) is 16.0 Å². The van der Waals surface area contributed by atoms with Crippen LogP contribution in [-0.2, 0) is 14.4 Å². The molecule has 0 unspecified atom stereocenters. The average Bonchev–Trinajstić information content (AvgIpc) is 2.62. The normalized spacial score (nSPS) is 10.6. The maximum Gasteiger partial charge on any atom is 0.244 e. The van der Waals surface area contributed by atoms with E-state index in [1.54, 1.807) is 30.3 Å². The Morgan fingerprint density at radius 2 is 1.54 bits per heavy atom. The second-order valence-corrected chi connectivity index (χ2v) is 6.68. The van der Waals surface area contributed by atoms with Crippen molar-refractivity contribution < 1.29 is 14.4 Å². The summed E-state index contributed by atoms with van der Waals surface area (Å²) in [6.07, 6.45) is 3.00. The van der Waals surface area contributed by atoms with Crippen LogP contribution in [0.5, 0.6) is 0 Å². The first-order valence-corrected chi connectivity index (χ1v) is 8.96. The molecule has 0 saturated carbocycles. The molecule has 6 nitrogen and oxygen atoms in total. The molecule has 2 aromatic rings. The second kappa shape index (κ2) is 9.50. The Kier molecular flexibility index (Phi) is 7.09. The van der Waals surface area contributed by atoms with Crippen molar-refractivity contribution in [2.24, 2.45) is 0 Å². The first kappa shape index (κ1) is 20.9. The number of hydrogen-bond donors (Lipinski definition) is 3. The third-order valence-electron chi connectivity index (χ3n) is 4.02. The number of carbonyl (C=O) groups is 3. The van der Waals surface area contributed by atoms with Gasteiger partial charge in [-0.2, -0.15) is 0 Å². The second-order valence-electron chi connectivity index (χ2n) is 6.68. The SMILES string of the molecule is CC(=O)Nc1ccc(/C=C/C(=O)NCC(=O)Nc2c(C)cc(C)cc2C)cc1. The summed E-state index contributed by atoms with van der Waals surface area (Å²) in [5.41, 5.74) is 5.38. The molecule has 0 aliphatic carbocycles. The standard InChI is InChI=1S/C22H25N3O3/c1-14-11-15(2)22(16(3)12-14)25-21(28)13-23-20(27)10-7-18-5-8-19(9-6-18)24-17(4)26/h5-12H,13H2,1-4H3,(H,23,27)(H,24,26)(H,25,28)/b10-7+. The van der Waals surface area contributed by atoms with Gasteiger partial charge in [0.25, 0.3) is 0 Å². The van der Waals surface area contributed by atoms with Gasteiger partial charge < -0.3 is 16.0 Å². The smallest absolute Gasteiger partial charge is 0.244 e. The maximum atomic E-state index is 12.1. The highest BCUT2D eigenvalue weighted by Crippen LogP contribution is 2.21. The Balaban J connectivity index is 1.85. The van der Waals surface area contributed by atoms with Gasteiger partial charge in [0, 0.05) is 24.4 Å². The van der Waals surface area contributed by atoms with Crippen molar-refractivity contribution in [3.63, 3.8) is 0 Å². The van der Waals surface area contributed by atoms with Crippen LogP contribution in [0.2, 0.25) is 0 Å². The molecule has 3 N–H and O–H groups in total. The topological polar surface area (TPSA) is 87.3 Å². The van der Waals surface area contributed by atoms with Gasteiger partial charge in [0.05, 0.1) is 6.54 Å². The molecule has 2 rings (SSSR count). The summed E-state index contributed by atoms with van der Waals surface area (Å²) in [7, 11) is 0. The van der Waals surface area contributed by atoms with Crippen LogP contribution in [0.4, 0.5) is 11.4 Å². The lowest BCUT2D eigenvalue weighted by molar-refractivity contribution is -0.121. The molecule has 146 valence electrons. The lowest BCUT2D eigenvalue weighted by atomic mass is 10.1. The Morgan fingerprint density at radius 3 is 2.11 bits per heavy atom. The lowest BCUT2D eigenvalue weighted by Gasteiger charge is -2.13. The van der Waals surface area contributed by atoms with Crippen LogP contribution in [0, 0.1) is 20.8 Å². The molecule has 0 spiro atoms. The Bertz CT molecular complexity index is 892. The van der Waals surface area contributed by atoms with Crippen molar-refractivity contribution in [1.82, 2.24) is 5.32 Å². The molecule has 0 saturated heterocycles. The highest BCUT2D eigenvalue weighted by molar-refractivity contribution is 5.98. The molecule has 0 atom stereocenters. The summed E-state index contributed by atoms with van der Waals surface area (Å²) in [6.45, 7) is 7.21. The third kappa shape index (κ3) is 6.39. The van der Waals surface area contributed by atoms with Crippen molar-refractivity contribution in [1.29, 1.82) is 0 Å². The van der Waals surface area contributed by atoms with Crippen molar-refractivity contribution in [3.8, 4) is 0 Å². The number of hydrogen-bond acceptors (Lipinski definition) is 3. The Morgan fingerprint density at radius 1 is 0.929 bits per heavy atom. The maximum absolute atomic E-state index is 12.1. The van der Waals surface area contributed by atoms with Crippen molar-refractivity contribution in [2.75, 3.05) is 17.2 Å². The Hall–Kier alpha value is -3.41. The van der Waals surface area contributed by atoms with E-state index in [1.165, 1.54) is 13.0 Å². The zero-order valence-corrected chi connectivity index (χ0v) is 16.6. The molecule has 0 aliphatic rings. The van der Waals surface area contributed by atoms with Crippen LogP contribution in [0.3, 0.4) is 0 Å². The minimum Gasteiger partial charge on any atom is -0.343 e. The number of anilines is 2. The number of nitrogens with one attached hydrogen (secondary N) is 3. The van der Waals surface area contributed by atoms with E-state index in [0.29, 0.717) is 5.69 Å². The van der Waals surface area contributed by atoms with Gasteiger partial charge in [0.15, 0.2) is 0 Å². The molecule has 2 aromatic carbocycles. The summed E-state index contributed by atoms with van der Waals surface area (Å²) in [4.78, 5) is 35.0. The van der Waals surface area contributed by atoms with Gasteiger partial charge in [-0.15, -0.1) is 0 Å². The van der Waals surface area contributed by atoms with Gasteiger partial charge >= 0.3 is 0 Å². The third-order valence-corrected chi connectivity index (χ3v) is 4.02. The van der Waals surface area contributed by atoms with Crippen LogP contribution >= 0.6 is 0 Å². The minimum atomic E-state index is -0.363. The minimum absolute atomic E-state index is 0.114. The zero-order chi connectivity index (χ0) is 20.7. The van der Waals surface area contributed by atoms with Crippen molar-refractivity contribution in [3.05, 3.63) is 64.7 Å². The van der Waals surface area contributed by atoms with E-state index in [-0.39, 0.29) is 24.3 Å². The molecule has 0 radical (unpaired) electrons. The van der Waals surface area contributed by atoms with Gasteiger partial charge in [0.2, 0.25) is 17.7 Å². The number of aryl methyl sites for hydroxylation is 3. The molecule has 0 aliphatic heterocycles. The van der Waals surface area contributed by atoms with Crippen LogP contribution < -0.4 is 16.0 Å². The molecular formula is C22H25N3O3. The van der Waals surface area contributed by atoms with Gasteiger partial charge in [-0.25, -0.2) is 0 Å². The van der Waals surface area contributed by atoms with E-state index in [4.69, 9.17) is 0 Å². The number of amides is 3. The fraction of sp³-hybridized carbons (Fsp3) is 0.227. The lowest BCUT2D eigenvalue weighted by Crippen LogP contribution is -2.32. The van der Waals surface area contributed by atoms with E-state index >= 15 is 0 Å². The fourth-order valence-electron chi connectivity index (χ4n) is 2.84. The molecular weight excluding hydrogens is 354 g/mol. The Labute approximate surface area is 165 Å². The highest BCUT2D eigenvalue weighted by atomic mass is 16.2. The van der Waals surface area contributed by atoms with Crippen molar-refractivity contribution >= 4 is 35.2 Å². The first-order chi connectivity index (χ1) is 13.2. The van der Waals surface area contributed by atoms with Gasteiger partial charge in [-0.1, -0.05) is 29.8 Å². The summed E-state index contributed by atoms with van der Waals surface area (Å²) < 4.78 is 0. The van der Waals surface area contributed by atoms with Crippen LogP contribution in [-0.4, -0.2) is 24.3 Å².